The Balaban J connectivity index is 1.80. The van der Waals surface area contributed by atoms with Crippen molar-refractivity contribution >= 4 is 20.0 Å². The Hall–Kier alpha value is -1.76. The van der Waals surface area contributed by atoms with Crippen molar-refractivity contribution in [1.29, 1.82) is 0 Å². The van der Waals surface area contributed by atoms with Gasteiger partial charge in [-0.25, -0.2) is 0 Å². The molecule has 0 aliphatic heterocycles. The molecular weight excluding hydrogens is 398 g/mol. The van der Waals surface area contributed by atoms with E-state index in [0.29, 0.717) is 17.9 Å². The van der Waals surface area contributed by atoms with E-state index in [4.69, 9.17) is 8.67 Å². The fraction of sp³-hybridized carbons (Fsp3) is 0.235. The molecule has 0 bridgehead atoms. The number of rotatable bonds is 8. The Morgan fingerprint density at radius 1 is 1.16 bits per heavy atom. The average Bonchev–Trinajstić information content (AvgIpc) is 2.54. The van der Waals surface area contributed by atoms with Gasteiger partial charge in [0.25, 0.3) is 0 Å². The van der Waals surface area contributed by atoms with Gasteiger partial charge in [-0.2, -0.15) is 0 Å². The molecule has 0 fully saturated rings. The van der Waals surface area contributed by atoms with Crippen LogP contribution in [-0.4, -0.2) is 37.0 Å². The zero-order valence-electron chi connectivity index (χ0n) is 13.8. The summed E-state index contributed by atoms with van der Waals surface area (Å²) in [6.45, 7) is 2.23. The van der Waals surface area contributed by atoms with Gasteiger partial charge >= 0.3 is 154 Å². The topological polar surface area (TPSA) is 101 Å². The number of aromatic carboxylic acids is 1. The van der Waals surface area contributed by atoms with E-state index in [-0.39, 0.29) is 17.1 Å². The first kappa shape index (κ1) is 19.6. The van der Waals surface area contributed by atoms with Gasteiger partial charge in [-0.15, -0.1) is 0 Å². The van der Waals surface area contributed by atoms with E-state index in [9.17, 15) is 18.3 Å². The average molecular weight is 416 g/mol. The molecule has 0 aliphatic carbocycles. The molecule has 0 heterocycles. The summed E-state index contributed by atoms with van der Waals surface area (Å²) in [7, 11) is -3.31. The van der Waals surface area contributed by atoms with Crippen molar-refractivity contribution in [2.45, 2.75) is 18.2 Å². The molecular formula is C17H18O6SZn. The first-order valence-corrected chi connectivity index (χ1v) is 12.1. The van der Waals surface area contributed by atoms with Gasteiger partial charge in [0.1, 0.15) is 0 Å². The van der Waals surface area contributed by atoms with Crippen LogP contribution in [-0.2, 0) is 30.9 Å². The van der Waals surface area contributed by atoms with Crippen molar-refractivity contribution in [3.63, 3.8) is 0 Å². The monoisotopic (exact) mass is 414 g/mol. The van der Waals surface area contributed by atoms with Gasteiger partial charge in [0, 0.05) is 0 Å². The molecule has 2 aromatic carbocycles. The van der Waals surface area contributed by atoms with Crippen LogP contribution in [0.5, 0.6) is 5.75 Å². The van der Waals surface area contributed by atoms with E-state index in [1.165, 1.54) is 12.1 Å². The number of sulfone groups is 1. The minimum absolute atomic E-state index is 0.0154. The van der Waals surface area contributed by atoms with E-state index in [2.05, 4.69) is 0 Å². The Bertz CT molecular complexity index is 846. The maximum absolute atomic E-state index is 12.2. The van der Waals surface area contributed by atoms with Crippen LogP contribution in [0.15, 0.2) is 47.4 Å². The maximum atomic E-state index is 12.2. The molecule has 2 aromatic rings. The number of hydrogen-bond acceptors (Lipinski definition) is 5. The third kappa shape index (κ3) is 5.63. The molecule has 8 heteroatoms. The van der Waals surface area contributed by atoms with E-state index < -0.39 is 33.3 Å². The summed E-state index contributed by atoms with van der Waals surface area (Å²) in [6.07, 6.45) is 0.390. The standard InChI is InChI=1S/C10H13O3S.C7H5O3.Zn/c1-9-3-5-10(6-4-9)14(12,13)8-2-7-11;8-6-4-2-1-3-5(6)7(9)10;/h3-6H,2,7-8H2,1H3;1,3-4,8H,(H,9,10);/q-1;;+1. The number of carbonyl (C=O) groups is 1. The van der Waals surface area contributed by atoms with Gasteiger partial charge in [-0.3, -0.25) is 0 Å². The second kappa shape index (κ2) is 8.56. The normalized spacial score (nSPS) is 11.1. The molecule has 0 saturated carbocycles. The van der Waals surface area contributed by atoms with Crippen LogP contribution in [0.4, 0.5) is 0 Å². The summed E-state index contributed by atoms with van der Waals surface area (Å²) < 4.78 is 30.8. The predicted molar refractivity (Wildman–Crippen MR) is 88.5 cm³/mol. The van der Waals surface area contributed by atoms with E-state index in [1.54, 1.807) is 30.3 Å². The Kier molecular flexibility index (Phi) is 6.70. The van der Waals surface area contributed by atoms with Crippen molar-refractivity contribution < 1.29 is 44.5 Å². The third-order valence-corrected chi connectivity index (χ3v) is 8.12. The van der Waals surface area contributed by atoms with Crippen LogP contribution in [0.2, 0.25) is 0 Å². The van der Waals surface area contributed by atoms with Crippen LogP contribution >= 0.6 is 0 Å². The molecule has 6 nitrogen and oxygen atoms in total. The quantitative estimate of drug-likeness (QED) is 0.504. The van der Waals surface area contributed by atoms with Gasteiger partial charge in [0.15, 0.2) is 0 Å². The van der Waals surface area contributed by atoms with E-state index >= 15 is 0 Å². The van der Waals surface area contributed by atoms with Crippen LogP contribution in [0.25, 0.3) is 0 Å². The molecule has 0 aliphatic rings. The van der Waals surface area contributed by atoms with Crippen molar-refractivity contribution in [2.75, 3.05) is 12.4 Å². The number of carboxylic acid groups (broad SMARTS) is 1. The van der Waals surface area contributed by atoms with E-state index in [0.717, 1.165) is 9.72 Å². The zero-order valence-corrected chi connectivity index (χ0v) is 17.6. The van der Waals surface area contributed by atoms with Gasteiger partial charge in [0.05, 0.1) is 0 Å². The summed E-state index contributed by atoms with van der Waals surface area (Å²) >= 11 is -1.61. The Morgan fingerprint density at radius 2 is 1.84 bits per heavy atom. The predicted octanol–water partition coefficient (Wildman–Crippen LogP) is 1.90. The number of phenols is 1. The van der Waals surface area contributed by atoms with Crippen molar-refractivity contribution in [3.8, 4) is 5.75 Å². The van der Waals surface area contributed by atoms with Crippen LogP contribution in [0.1, 0.15) is 22.3 Å². The van der Waals surface area contributed by atoms with Gasteiger partial charge in [-0.1, -0.05) is 0 Å². The van der Waals surface area contributed by atoms with Crippen molar-refractivity contribution in [2.24, 2.45) is 0 Å². The summed E-state index contributed by atoms with van der Waals surface area (Å²) in [5.74, 6) is -1.44. The third-order valence-electron chi connectivity index (χ3n) is 3.64. The van der Waals surface area contributed by atoms with Crippen molar-refractivity contribution in [1.82, 2.24) is 0 Å². The molecule has 0 atom stereocenters. The Morgan fingerprint density at radius 3 is 2.44 bits per heavy atom. The molecule has 0 aromatic heterocycles. The van der Waals surface area contributed by atoms with Crippen LogP contribution < -0.4 is 4.16 Å². The van der Waals surface area contributed by atoms with Crippen molar-refractivity contribution in [3.05, 3.63) is 53.6 Å². The fourth-order valence-corrected chi connectivity index (χ4v) is 5.79. The fourth-order valence-electron chi connectivity index (χ4n) is 2.25. The number of carboxylic acids is 1. The zero-order chi connectivity index (χ0) is 18.4. The van der Waals surface area contributed by atoms with Crippen LogP contribution in [0, 0.1) is 6.92 Å². The summed E-state index contributed by atoms with van der Waals surface area (Å²) in [4.78, 5) is 11.1. The molecule has 0 radical (unpaired) electrons. The SMILES string of the molecule is Cc1ccc(S(=O)(=O)CCC[O][Zn][c]2ccc(C(=O)O)c(O)c2)cc1. The summed E-state index contributed by atoms with van der Waals surface area (Å²) in [5.41, 5.74) is 0.864. The molecule has 130 valence electrons. The first-order chi connectivity index (χ1) is 11.8. The summed E-state index contributed by atoms with van der Waals surface area (Å²) in [6, 6.07) is 11.1. The second-order valence-corrected chi connectivity index (χ2v) is 11.0. The van der Waals surface area contributed by atoms with Crippen LogP contribution in [0.3, 0.4) is 0 Å². The molecule has 0 saturated heterocycles. The van der Waals surface area contributed by atoms with Gasteiger partial charge in [0.2, 0.25) is 0 Å². The molecule has 0 amide bonds. The molecule has 0 unspecified atom stereocenters. The number of aromatic hydroxyl groups is 1. The van der Waals surface area contributed by atoms with Gasteiger partial charge in [-0.05, 0) is 0 Å². The first-order valence-electron chi connectivity index (χ1n) is 7.72. The van der Waals surface area contributed by atoms with Gasteiger partial charge < -0.3 is 0 Å². The molecule has 2 N–H and O–H groups in total. The Labute approximate surface area is 154 Å². The number of hydrogen-bond donors (Lipinski definition) is 2. The second-order valence-electron chi connectivity index (χ2n) is 5.69. The minimum atomic E-state index is -3.31. The molecule has 25 heavy (non-hydrogen) atoms. The molecule has 0 spiro atoms. The number of aryl methyl sites for hydroxylation is 1. The molecule has 2 rings (SSSR count). The number of benzene rings is 2. The summed E-state index contributed by atoms with van der Waals surface area (Å²) in [5, 5.41) is 18.5. The van der Waals surface area contributed by atoms with E-state index in [1.807, 2.05) is 6.92 Å².